The smallest absolute Gasteiger partial charge is 0.152 e. The van der Waals surface area contributed by atoms with Crippen LogP contribution in [0.4, 0.5) is 0 Å². The summed E-state index contributed by atoms with van der Waals surface area (Å²) in [5.41, 5.74) is 0. The Morgan fingerprint density at radius 2 is 2.45 bits per heavy atom. The van der Waals surface area contributed by atoms with Crippen molar-refractivity contribution in [1.29, 1.82) is 0 Å². The highest BCUT2D eigenvalue weighted by Gasteiger charge is 1.91. The predicted molar refractivity (Wildman–Crippen MR) is 42.9 cm³/mol. The highest BCUT2D eigenvalue weighted by Crippen LogP contribution is 1.96. The number of hydrogen-bond acceptors (Lipinski definition) is 2. The van der Waals surface area contributed by atoms with Gasteiger partial charge in [0.2, 0.25) is 0 Å². The second-order valence-corrected chi connectivity index (χ2v) is 2.34. The Balaban J connectivity index is 2.79. The van der Waals surface area contributed by atoms with E-state index in [0.29, 0.717) is 0 Å². The molecular weight excluding hydrogens is 140 g/mol. The van der Waals surface area contributed by atoms with Crippen molar-refractivity contribution in [2.75, 3.05) is 0 Å². The number of hydrogen-bond donors (Lipinski definition) is 0. The van der Waals surface area contributed by atoms with Crippen LogP contribution in [-0.4, -0.2) is 15.3 Å². The van der Waals surface area contributed by atoms with Crippen LogP contribution in [-0.2, 0) is 11.8 Å². The van der Waals surface area contributed by atoms with Crippen LogP contribution >= 0.6 is 0 Å². The molecule has 1 aromatic heterocycles. The standard InChI is InChI=1S/C8H10N2O/c1-7(11)3-4-8-9-5-6-10(8)2/h3-6H,1-2H3/b4-3-. The summed E-state index contributed by atoms with van der Waals surface area (Å²) >= 11 is 0. The van der Waals surface area contributed by atoms with Crippen molar-refractivity contribution in [1.82, 2.24) is 9.55 Å². The summed E-state index contributed by atoms with van der Waals surface area (Å²) in [6.45, 7) is 1.51. The van der Waals surface area contributed by atoms with Crippen molar-refractivity contribution in [3.05, 3.63) is 24.3 Å². The fourth-order valence-electron chi connectivity index (χ4n) is 0.730. The third-order valence-corrected chi connectivity index (χ3v) is 1.33. The van der Waals surface area contributed by atoms with Gasteiger partial charge in [-0.15, -0.1) is 0 Å². The molecule has 0 N–H and O–H groups in total. The van der Waals surface area contributed by atoms with Gasteiger partial charge < -0.3 is 4.57 Å². The van der Waals surface area contributed by atoms with Crippen LogP contribution in [0.25, 0.3) is 6.08 Å². The molecule has 0 aliphatic carbocycles. The number of rotatable bonds is 2. The minimum Gasteiger partial charge on any atom is -0.335 e. The molecule has 3 heteroatoms. The quantitative estimate of drug-likeness (QED) is 0.590. The zero-order valence-corrected chi connectivity index (χ0v) is 6.61. The number of aromatic nitrogens is 2. The highest BCUT2D eigenvalue weighted by molar-refractivity contribution is 5.91. The van der Waals surface area contributed by atoms with E-state index in [4.69, 9.17) is 0 Å². The minimum absolute atomic E-state index is 0.0352. The van der Waals surface area contributed by atoms with Gasteiger partial charge in [0, 0.05) is 19.4 Å². The number of carbonyl (C=O) groups excluding carboxylic acids is 1. The lowest BCUT2D eigenvalue weighted by Gasteiger charge is -1.91. The molecule has 3 nitrogen and oxygen atoms in total. The maximum absolute atomic E-state index is 10.5. The summed E-state index contributed by atoms with van der Waals surface area (Å²) < 4.78 is 1.85. The van der Waals surface area contributed by atoms with Gasteiger partial charge in [-0.3, -0.25) is 4.79 Å². The van der Waals surface area contributed by atoms with E-state index in [0.717, 1.165) is 5.82 Å². The number of imidazole rings is 1. The molecule has 0 aromatic carbocycles. The van der Waals surface area contributed by atoms with Gasteiger partial charge in [-0.05, 0) is 19.1 Å². The summed E-state index contributed by atoms with van der Waals surface area (Å²) in [6.07, 6.45) is 6.73. The van der Waals surface area contributed by atoms with Crippen molar-refractivity contribution in [2.45, 2.75) is 6.92 Å². The van der Waals surface area contributed by atoms with E-state index in [9.17, 15) is 4.79 Å². The molecule has 0 atom stereocenters. The Bertz CT molecular complexity index is 286. The summed E-state index contributed by atoms with van der Waals surface area (Å²) in [5, 5.41) is 0. The van der Waals surface area contributed by atoms with E-state index in [1.165, 1.54) is 13.0 Å². The Hall–Kier alpha value is -1.38. The van der Waals surface area contributed by atoms with Crippen molar-refractivity contribution >= 4 is 11.9 Å². The van der Waals surface area contributed by atoms with Crippen LogP contribution in [0.2, 0.25) is 0 Å². The SMILES string of the molecule is CC(=O)/C=C\c1nccn1C. The lowest BCUT2D eigenvalue weighted by molar-refractivity contribution is -0.112. The summed E-state index contributed by atoms with van der Waals surface area (Å²) in [7, 11) is 1.88. The van der Waals surface area contributed by atoms with Crippen molar-refractivity contribution in [2.24, 2.45) is 7.05 Å². The molecule has 0 aliphatic heterocycles. The average Bonchev–Trinajstić information content (AvgIpc) is 2.31. The normalized spacial score (nSPS) is 10.7. The van der Waals surface area contributed by atoms with Crippen LogP contribution in [0.15, 0.2) is 18.5 Å². The van der Waals surface area contributed by atoms with E-state index in [-0.39, 0.29) is 5.78 Å². The summed E-state index contributed by atoms with van der Waals surface area (Å²) in [4.78, 5) is 14.5. The first kappa shape index (κ1) is 7.72. The second-order valence-electron chi connectivity index (χ2n) is 2.34. The third-order valence-electron chi connectivity index (χ3n) is 1.33. The van der Waals surface area contributed by atoms with E-state index in [2.05, 4.69) is 4.98 Å². The molecule has 0 spiro atoms. The third kappa shape index (κ3) is 2.04. The first-order chi connectivity index (χ1) is 5.20. The molecule has 0 unspecified atom stereocenters. The molecule has 1 rings (SSSR count). The van der Waals surface area contributed by atoms with Gasteiger partial charge in [-0.1, -0.05) is 0 Å². The summed E-state index contributed by atoms with van der Waals surface area (Å²) in [6, 6.07) is 0. The molecule has 1 heterocycles. The topological polar surface area (TPSA) is 34.9 Å². The molecular formula is C8H10N2O. The molecule has 0 fully saturated rings. The number of nitrogens with zero attached hydrogens (tertiary/aromatic N) is 2. The van der Waals surface area contributed by atoms with E-state index in [1.807, 2.05) is 17.8 Å². The highest BCUT2D eigenvalue weighted by atomic mass is 16.1. The Kier molecular flexibility index (Phi) is 2.21. The molecule has 1 aromatic rings. The molecule has 0 radical (unpaired) electrons. The minimum atomic E-state index is 0.0352. The molecule has 0 bridgehead atoms. The van der Waals surface area contributed by atoms with E-state index >= 15 is 0 Å². The number of allylic oxidation sites excluding steroid dienone is 1. The van der Waals surface area contributed by atoms with Crippen molar-refractivity contribution < 1.29 is 4.79 Å². The van der Waals surface area contributed by atoms with Gasteiger partial charge in [0.25, 0.3) is 0 Å². The maximum Gasteiger partial charge on any atom is 0.152 e. The first-order valence-corrected chi connectivity index (χ1v) is 3.36. The molecule has 0 amide bonds. The van der Waals surface area contributed by atoms with Gasteiger partial charge in [-0.25, -0.2) is 4.98 Å². The second kappa shape index (κ2) is 3.14. The van der Waals surface area contributed by atoms with Crippen LogP contribution in [0.1, 0.15) is 12.7 Å². The fraction of sp³-hybridized carbons (Fsp3) is 0.250. The van der Waals surface area contributed by atoms with Crippen LogP contribution in [0.5, 0.6) is 0 Å². The first-order valence-electron chi connectivity index (χ1n) is 3.36. The number of aryl methyl sites for hydroxylation is 1. The molecule has 11 heavy (non-hydrogen) atoms. The number of carbonyl (C=O) groups is 1. The molecule has 58 valence electrons. The van der Waals surface area contributed by atoms with Crippen LogP contribution in [0, 0.1) is 0 Å². The zero-order valence-electron chi connectivity index (χ0n) is 6.61. The van der Waals surface area contributed by atoms with Crippen LogP contribution < -0.4 is 0 Å². The van der Waals surface area contributed by atoms with Gasteiger partial charge >= 0.3 is 0 Å². The van der Waals surface area contributed by atoms with Gasteiger partial charge in [-0.2, -0.15) is 0 Å². The lowest BCUT2D eigenvalue weighted by Crippen LogP contribution is -1.90. The predicted octanol–water partition coefficient (Wildman–Crippen LogP) is 1.02. The largest absolute Gasteiger partial charge is 0.335 e. The van der Waals surface area contributed by atoms with E-state index < -0.39 is 0 Å². The molecule has 0 saturated heterocycles. The Morgan fingerprint density at radius 1 is 1.73 bits per heavy atom. The van der Waals surface area contributed by atoms with Crippen LogP contribution in [0.3, 0.4) is 0 Å². The molecule has 0 saturated carbocycles. The number of ketones is 1. The van der Waals surface area contributed by atoms with Crippen molar-refractivity contribution in [3.63, 3.8) is 0 Å². The Morgan fingerprint density at radius 3 is 2.91 bits per heavy atom. The molecule has 0 aliphatic rings. The summed E-state index contributed by atoms with van der Waals surface area (Å²) in [5.74, 6) is 0.827. The monoisotopic (exact) mass is 150 g/mol. The average molecular weight is 150 g/mol. The maximum atomic E-state index is 10.5. The fourth-order valence-corrected chi connectivity index (χ4v) is 0.730. The lowest BCUT2D eigenvalue weighted by atomic mass is 10.4. The van der Waals surface area contributed by atoms with Gasteiger partial charge in [0.05, 0.1) is 0 Å². The van der Waals surface area contributed by atoms with E-state index in [1.54, 1.807) is 12.3 Å². The van der Waals surface area contributed by atoms with Gasteiger partial charge in [0.1, 0.15) is 5.82 Å². The van der Waals surface area contributed by atoms with Gasteiger partial charge in [0.15, 0.2) is 5.78 Å². The Labute approximate surface area is 65.4 Å². The zero-order chi connectivity index (χ0) is 8.27. The van der Waals surface area contributed by atoms with Crippen molar-refractivity contribution in [3.8, 4) is 0 Å².